The van der Waals surface area contributed by atoms with Crippen molar-refractivity contribution in [1.82, 2.24) is 14.9 Å². The molecular formula is C17H16F3N3O3S. The zero-order valence-corrected chi connectivity index (χ0v) is 15.1. The van der Waals surface area contributed by atoms with Crippen LogP contribution in [0.15, 0.2) is 40.4 Å². The number of nitrogens with zero attached hydrogens (tertiary/aromatic N) is 2. The number of ether oxygens (including phenoxy) is 1. The molecule has 2 aromatic rings. The summed E-state index contributed by atoms with van der Waals surface area (Å²) in [7, 11) is 0. The summed E-state index contributed by atoms with van der Waals surface area (Å²) in [5.41, 5.74) is 0.495. The van der Waals surface area contributed by atoms with Crippen molar-refractivity contribution < 1.29 is 22.7 Å². The Balaban J connectivity index is 1.67. The maximum absolute atomic E-state index is 12.5. The third kappa shape index (κ3) is 4.62. The molecule has 0 saturated heterocycles. The van der Waals surface area contributed by atoms with Crippen molar-refractivity contribution in [3.63, 3.8) is 0 Å². The molecule has 3 rings (SSSR count). The Kier molecular flexibility index (Phi) is 5.45. The number of halogens is 3. The third-order valence-corrected chi connectivity index (χ3v) is 5.17. The van der Waals surface area contributed by atoms with Crippen molar-refractivity contribution in [3.8, 4) is 5.75 Å². The second-order valence-corrected chi connectivity index (χ2v) is 7.01. The van der Waals surface area contributed by atoms with E-state index in [9.17, 15) is 22.8 Å². The van der Waals surface area contributed by atoms with Crippen LogP contribution in [0.1, 0.15) is 11.1 Å². The number of nitrogens with one attached hydrogen (secondary N) is 1. The first kappa shape index (κ1) is 19.3. The normalized spacial score (nSPS) is 16.5. The summed E-state index contributed by atoms with van der Waals surface area (Å²) in [5.74, 6) is -0.755. The molecule has 0 spiro atoms. The maximum atomic E-state index is 12.5. The van der Waals surface area contributed by atoms with Crippen LogP contribution in [0.2, 0.25) is 0 Å². The largest absolute Gasteiger partial charge is 0.573 e. The Labute approximate surface area is 156 Å². The fourth-order valence-corrected chi connectivity index (χ4v) is 3.71. The number of carbonyl (C=O) groups excluding carboxylic acids is 1. The molecule has 0 radical (unpaired) electrons. The van der Waals surface area contributed by atoms with E-state index in [1.807, 2.05) is 0 Å². The van der Waals surface area contributed by atoms with Crippen molar-refractivity contribution in [2.75, 3.05) is 5.75 Å². The van der Waals surface area contributed by atoms with E-state index in [4.69, 9.17) is 0 Å². The molecule has 1 unspecified atom stereocenters. The average molecular weight is 399 g/mol. The number of carbonyl (C=O) groups is 1. The smallest absolute Gasteiger partial charge is 0.405 e. The number of aryl methyl sites for hydroxylation is 1. The van der Waals surface area contributed by atoms with Crippen LogP contribution in [-0.2, 0) is 17.9 Å². The fraction of sp³-hybridized carbons (Fsp3) is 0.353. The van der Waals surface area contributed by atoms with Crippen LogP contribution in [0.5, 0.6) is 5.75 Å². The zero-order valence-electron chi connectivity index (χ0n) is 14.2. The Bertz CT molecular complexity index is 914. The molecule has 144 valence electrons. The molecule has 6 nitrogen and oxygen atoms in total. The summed E-state index contributed by atoms with van der Waals surface area (Å²) >= 11 is 1.30. The number of alkyl halides is 3. The van der Waals surface area contributed by atoms with Gasteiger partial charge in [0.15, 0.2) is 5.16 Å². The Morgan fingerprint density at radius 1 is 1.41 bits per heavy atom. The second-order valence-electron chi connectivity index (χ2n) is 6.02. The summed E-state index contributed by atoms with van der Waals surface area (Å²) in [5, 5.41) is 3.18. The quantitative estimate of drug-likeness (QED) is 0.800. The highest BCUT2D eigenvalue weighted by atomic mass is 32.2. The van der Waals surface area contributed by atoms with Crippen LogP contribution in [-0.4, -0.2) is 27.6 Å². The van der Waals surface area contributed by atoms with Crippen LogP contribution in [0, 0.1) is 12.8 Å². The van der Waals surface area contributed by atoms with E-state index in [1.54, 1.807) is 13.0 Å². The standard InChI is InChI=1S/C17H16F3N3O3S/c1-10-6-22-16-23(15(10)25)8-12(9-27-16)14(24)21-7-11-4-2-3-5-13(11)26-17(18,19)20/h2-6,12H,7-9H2,1H3,(H,21,24). The first-order chi connectivity index (χ1) is 12.7. The number of aromatic nitrogens is 2. The monoisotopic (exact) mass is 399 g/mol. The molecule has 1 aliphatic heterocycles. The lowest BCUT2D eigenvalue weighted by Gasteiger charge is -2.24. The summed E-state index contributed by atoms with van der Waals surface area (Å²) in [4.78, 5) is 28.8. The highest BCUT2D eigenvalue weighted by molar-refractivity contribution is 7.99. The van der Waals surface area contributed by atoms with Gasteiger partial charge in [-0.25, -0.2) is 4.98 Å². The number of thioether (sulfide) groups is 1. The lowest BCUT2D eigenvalue weighted by molar-refractivity contribution is -0.274. The van der Waals surface area contributed by atoms with Gasteiger partial charge in [0.1, 0.15) is 5.75 Å². The number of rotatable bonds is 4. The topological polar surface area (TPSA) is 73.2 Å². The van der Waals surface area contributed by atoms with Crippen molar-refractivity contribution in [2.45, 2.75) is 31.5 Å². The van der Waals surface area contributed by atoms with Gasteiger partial charge in [0.2, 0.25) is 5.91 Å². The third-order valence-electron chi connectivity index (χ3n) is 4.02. The molecule has 2 heterocycles. The van der Waals surface area contributed by atoms with Gasteiger partial charge in [0.05, 0.1) is 5.92 Å². The zero-order chi connectivity index (χ0) is 19.6. The number of hydrogen-bond donors (Lipinski definition) is 1. The van der Waals surface area contributed by atoms with E-state index in [0.29, 0.717) is 16.5 Å². The molecule has 1 amide bonds. The lowest BCUT2D eigenvalue weighted by atomic mass is 10.1. The van der Waals surface area contributed by atoms with Crippen molar-refractivity contribution in [3.05, 3.63) is 51.9 Å². The molecule has 1 atom stereocenters. The predicted molar refractivity (Wildman–Crippen MR) is 92.4 cm³/mol. The molecule has 1 N–H and O–H groups in total. The number of fused-ring (bicyclic) bond motifs is 1. The number of hydrogen-bond acceptors (Lipinski definition) is 5. The van der Waals surface area contributed by atoms with E-state index in [1.165, 1.54) is 40.7 Å². The van der Waals surface area contributed by atoms with Crippen molar-refractivity contribution in [1.29, 1.82) is 0 Å². The number of para-hydroxylation sites is 1. The Morgan fingerprint density at radius 2 is 2.15 bits per heavy atom. The van der Waals surface area contributed by atoms with Crippen LogP contribution in [0.3, 0.4) is 0 Å². The second kappa shape index (κ2) is 7.63. The van der Waals surface area contributed by atoms with Crippen molar-refractivity contribution in [2.24, 2.45) is 5.92 Å². The van der Waals surface area contributed by atoms with Gasteiger partial charge in [0, 0.05) is 36.2 Å². The molecule has 0 saturated carbocycles. The minimum absolute atomic E-state index is 0.111. The Morgan fingerprint density at radius 3 is 2.89 bits per heavy atom. The Hall–Kier alpha value is -2.49. The molecule has 0 fully saturated rings. The van der Waals surface area contributed by atoms with E-state index >= 15 is 0 Å². The fourth-order valence-electron chi connectivity index (χ4n) is 2.66. The molecular weight excluding hydrogens is 383 g/mol. The molecule has 1 aliphatic rings. The van der Waals surface area contributed by atoms with Crippen LogP contribution >= 0.6 is 11.8 Å². The lowest BCUT2D eigenvalue weighted by Crippen LogP contribution is -2.40. The maximum Gasteiger partial charge on any atom is 0.573 e. The summed E-state index contributed by atoms with van der Waals surface area (Å²) in [6.07, 6.45) is -3.31. The van der Waals surface area contributed by atoms with E-state index < -0.39 is 12.3 Å². The molecule has 27 heavy (non-hydrogen) atoms. The van der Waals surface area contributed by atoms with Crippen molar-refractivity contribution >= 4 is 17.7 Å². The van der Waals surface area contributed by atoms with Gasteiger partial charge >= 0.3 is 6.36 Å². The molecule has 0 aliphatic carbocycles. The van der Waals surface area contributed by atoms with Gasteiger partial charge in [0.25, 0.3) is 5.56 Å². The summed E-state index contributed by atoms with van der Waals surface area (Å²) < 4.78 is 42.8. The highest BCUT2D eigenvalue weighted by Gasteiger charge is 2.32. The number of benzene rings is 1. The van der Waals surface area contributed by atoms with E-state index in [-0.39, 0.29) is 35.9 Å². The number of amides is 1. The van der Waals surface area contributed by atoms with Gasteiger partial charge < -0.3 is 10.1 Å². The van der Waals surface area contributed by atoms with Gasteiger partial charge in [-0.1, -0.05) is 30.0 Å². The van der Waals surface area contributed by atoms with Gasteiger partial charge in [-0.3, -0.25) is 14.2 Å². The SMILES string of the molecule is Cc1cnc2n(c1=O)CC(C(=O)NCc1ccccc1OC(F)(F)F)CS2. The highest BCUT2D eigenvalue weighted by Crippen LogP contribution is 2.27. The van der Waals surface area contributed by atoms with Crippen LogP contribution < -0.4 is 15.6 Å². The molecule has 0 bridgehead atoms. The predicted octanol–water partition coefficient (Wildman–Crippen LogP) is 2.49. The first-order valence-corrected chi connectivity index (χ1v) is 9.04. The van der Waals surface area contributed by atoms with Gasteiger partial charge in [-0.15, -0.1) is 13.2 Å². The first-order valence-electron chi connectivity index (χ1n) is 8.05. The summed E-state index contributed by atoms with van der Waals surface area (Å²) in [6.45, 7) is 1.72. The minimum Gasteiger partial charge on any atom is -0.405 e. The summed E-state index contributed by atoms with van der Waals surface area (Å²) in [6, 6.07) is 5.62. The van der Waals surface area contributed by atoms with Gasteiger partial charge in [-0.2, -0.15) is 0 Å². The van der Waals surface area contributed by atoms with E-state index in [2.05, 4.69) is 15.0 Å². The minimum atomic E-state index is -4.81. The molecule has 10 heteroatoms. The molecule has 1 aromatic heterocycles. The van der Waals surface area contributed by atoms with E-state index in [0.717, 1.165) is 0 Å². The molecule has 1 aromatic carbocycles. The average Bonchev–Trinajstić information content (AvgIpc) is 2.62. The van der Waals surface area contributed by atoms with Crippen LogP contribution in [0.25, 0.3) is 0 Å². The van der Waals surface area contributed by atoms with Crippen LogP contribution in [0.4, 0.5) is 13.2 Å². The van der Waals surface area contributed by atoms with Gasteiger partial charge in [-0.05, 0) is 13.0 Å².